The molecule has 0 aliphatic rings. The zero-order chi connectivity index (χ0) is 23.3. The van der Waals surface area contributed by atoms with Gasteiger partial charge in [0.05, 0.1) is 0 Å². The number of nitrogen functional groups attached to an aromatic ring is 2. The van der Waals surface area contributed by atoms with E-state index in [0.717, 1.165) is 45.5 Å². The second-order valence-electron chi connectivity index (χ2n) is 8.16. The van der Waals surface area contributed by atoms with Gasteiger partial charge in [-0.1, -0.05) is 50.2 Å². The first-order chi connectivity index (χ1) is 16.0. The molecule has 0 aliphatic heterocycles. The van der Waals surface area contributed by atoms with E-state index in [9.17, 15) is 0 Å². The molecule has 0 aromatic heterocycles. The molecule has 4 aromatic rings. The van der Waals surface area contributed by atoms with Crippen LogP contribution < -0.4 is 32.0 Å². The third kappa shape index (κ3) is 4.92. The normalized spacial score (nSPS) is 11.0. The van der Waals surface area contributed by atoms with Crippen LogP contribution in [0.2, 0.25) is 0 Å². The van der Waals surface area contributed by atoms with E-state index in [4.69, 9.17) is 21.2 Å². The van der Waals surface area contributed by atoms with Crippen LogP contribution in [-0.4, -0.2) is 0 Å². The van der Waals surface area contributed by atoms with Gasteiger partial charge in [0.25, 0.3) is 0 Å². The number of anilines is 2. The SMILES string of the molecule is CC(C)(c1ccccc1Oc1ccc(NN)cc1)c1ccccc1Oc1ccc(NN)cc1. The Bertz CT molecular complexity index is 1110. The minimum Gasteiger partial charge on any atom is -0.457 e. The molecule has 4 rings (SSSR count). The number of nitrogens with two attached hydrogens (primary N) is 2. The summed E-state index contributed by atoms with van der Waals surface area (Å²) in [5, 5.41) is 0. The van der Waals surface area contributed by atoms with Crippen LogP contribution in [0.25, 0.3) is 0 Å². The van der Waals surface area contributed by atoms with E-state index in [0.29, 0.717) is 0 Å². The van der Waals surface area contributed by atoms with Crippen LogP contribution in [-0.2, 0) is 5.41 Å². The fourth-order valence-electron chi connectivity index (χ4n) is 3.78. The van der Waals surface area contributed by atoms with Gasteiger partial charge in [-0.15, -0.1) is 0 Å². The van der Waals surface area contributed by atoms with Crippen molar-refractivity contribution in [3.8, 4) is 23.0 Å². The molecule has 168 valence electrons. The van der Waals surface area contributed by atoms with E-state index in [1.165, 1.54) is 0 Å². The quantitative estimate of drug-likeness (QED) is 0.193. The summed E-state index contributed by atoms with van der Waals surface area (Å²) in [5.41, 5.74) is 8.59. The predicted octanol–water partition coefficient (Wildman–Crippen LogP) is 6.17. The van der Waals surface area contributed by atoms with Gasteiger partial charge in [0.1, 0.15) is 23.0 Å². The number of hydrogen-bond acceptors (Lipinski definition) is 6. The summed E-state index contributed by atoms with van der Waals surface area (Å²) >= 11 is 0. The van der Waals surface area contributed by atoms with E-state index in [1.54, 1.807) is 0 Å². The molecule has 0 saturated heterocycles. The van der Waals surface area contributed by atoms with Crippen LogP contribution in [0, 0.1) is 0 Å². The molecule has 33 heavy (non-hydrogen) atoms. The molecule has 0 saturated carbocycles. The van der Waals surface area contributed by atoms with E-state index >= 15 is 0 Å². The Morgan fingerprint density at radius 1 is 0.545 bits per heavy atom. The lowest BCUT2D eigenvalue weighted by molar-refractivity contribution is 0.445. The summed E-state index contributed by atoms with van der Waals surface area (Å²) in [6.07, 6.45) is 0. The van der Waals surface area contributed by atoms with Gasteiger partial charge in [0.2, 0.25) is 0 Å². The molecule has 6 N–H and O–H groups in total. The van der Waals surface area contributed by atoms with E-state index in [2.05, 4.69) is 36.8 Å². The maximum atomic E-state index is 6.27. The van der Waals surface area contributed by atoms with E-state index < -0.39 is 5.41 Å². The van der Waals surface area contributed by atoms with Crippen LogP contribution in [0.5, 0.6) is 23.0 Å². The largest absolute Gasteiger partial charge is 0.457 e. The molecular weight excluding hydrogens is 412 g/mol. The van der Waals surface area contributed by atoms with Crippen molar-refractivity contribution in [2.75, 3.05) is 10.9 Å². The van der Waals surface area contributed by atoms with Gasteiger partial charge in [0, 0.05) is 27.9 Å². The fraction of sp³-hybridized carbons (Fsp3) is 0.111. The average molecular weight is 441 g/mol. The number of hydrazine groups is 2. The molecule has 0 spiro atoms. The number of hydrogen-bond donors (Lipinski definition) is 4. The van der Waals surface area contributed by atoms with Crippen LogP contribution >= 0.6 is 0 Å². The smallest absolute Gasteiger partial charge is 0.131 e. The highest BCUT2D eigenvalue weighted by atomic mass is 16.5. The third-order valence-corrected chi connectivity index (χ3v) is 5.62. The monoisotopic (exact) mass is 440 g/mol. The first kappa shape index (κ1) is 22.2. The first-order valence-electron chi connectivity index (χ1n) is 10.7. The molecule has 0 radical (unpaired) electrons. The van der Waals surface area contributed by atoms with Crippen molar-refractivity contribution in [2.45, 2.75) is 19.3 Å². The van der Waals surface area contributed by atoms with Gasteiger partial charge in [-0.25, -0.2) is 0 Å². The third-order valence-electron chi connectivity index (χ3n) is 5.62. The van der Waals surface area contributed by atoms with Gasteiger partial charge in [-0.2, -0.15) is 0 Å². The molecule has 0 bridgehead atoms. The molecule has 0 heterocycles. The Hall–Kier alpha value is -4.00. The van der Waals surface area contributed by atoms with Crippen LogP contribution in [0.15, 0.2) is 97.1 Å². The standard InChI is InChI=1S/C27H28N4O2/c1-27(2,23-7-3-5-9-25(23)32-21-15-11-19(30-28)12-16-21)24-8-4-6-10-26(24)33-22-17-13-20(31-29)14-18-22/h3-18,30-31H,28-29H2,1-2H3. The highest BCUT2D eigenvalue weighted by molar-refractivity contribution is 5.54. The lowest BCUT2D eigenvalue weighted by Crippen LogP contribution is -2.20. The highest BCUT2D eigenvalue weighted by Gasteiger charge is 2.30. The molecule has 0 amide bonds. The fourth-order valence-corrected chi connectivity index (χ4v) is 3.78. The van der Waals surface area contributed by atoms with Crippen molar-refractivity contribution in [2.24, 2.45) is 11.7 Å². The zero-order valence-electron chi connectivity index (χ0n) is 18.7. The number of rotatable bonds is 8. The lowest BCUT2D eigenvalue weighted by Gasteiger charge is -2.30. The lowest BCUT2D eigenvalue weighted by atomic mass is 9.77. The van der Waals surface area contributed by atoms with Crippen LogP contribution in [0.3, 0.4) is 0 Å². The number of nitrogens with one attached hydrogen (secondary N) is 2. The van der Waals surface area contributed by atoms with E-state index in [-0.39, 0.29) is 0 Å². The molecule has 6 heteroatoms. The number of ether oxygens (including phenoxy) is 2. The summed E-state index contributed by atoms with van der Waals surface area (Å²) in [5.74, 6) is 14.0. The maximum Gasteiger partial charge on any atom is 0.131 e. The molecule has 0 fully saturated rings. The van der Waals surface area contributed by atoms with Gasteiger partial charge in [-0.3, -0.25) is 11.7 Å². The minimum absolute atomic E-state index is 0.398. The first-order valence-corrected chi connectivity index (χ1v) is 10.7. The molecule has 0 aliphatic carbocycles. The van der Waals surface area contributed by atoms with Crippen molar-refractivity contribution in [3.63, 3.8) is 0 Å². The number of para-hydroxylation sites is 2. The van der Waals surface area contributed by atoms with Gasteiger partial charge in [0.15, 0.2) is 0 Å². The highest BCUT2D eigenvalue weighted by Crippen LogP contribution is 2.43. The van der Waals surface area contributed by atoms with Crippen molar-refractivity contribution in [1.29, 1.82) is 0 Å². The van der Waals surface area contributed by atoms with Crippen molar-refractivity contribution >= 4 is 11.4 Å². The Morgan fingerprint density at radius 3 is 1.27 bits per heavy atom. The Labute approximate surface area is 194 Å². The Morgan fingerprint density at radius 2 is 0.909 bits per heavy atom. The average Bonchev–Trinajstić information content (AvgIpc) is 2.85. The van der Waals surface area contributed by atoms with Crippen molar-refractivity contribution < 1.29 is 9.47 Å². The molecule has 6 nitrogen and oxygen atoms in total. The second kappa shape index (κ2) is 9.65. The Balaban J connectivity index is 1.67. The van der Waals surface area contributed by atoms with Gasteiger partial charge >= 0.3 is 0 Å². The van der Waals surface area contributed by atoms with Crippen LogP contribution in [0.1, 0.15) is 25.0 Å². The number of benzene rings is 4. The molecule has 0 atom stereocenters. The molecule has 4 aromatic carbocycles. The van der Waals surface area contributed by atoms with Gasteiger partial charge in [-0.05, 0) is 60.7 Å². The maximum absolute atomic E-state index is 6.27. The zero-order valence-corrected chi connectivity index (χ0v) is 18.7. The summed E-state index contributed by atoms with van der Waals surface area (Å²) in [7, 11) is 0. The second-order valence-corrected chi connectivity index (χ2v) is 8.16. The predicted molar refractivity (Wildman–Crippen MR) is 134 cm³/mol. The minimum atomic E-state index is -0.398. The summed E-state index contributed by atoms with van der Waals surface area (Å²) in [6, 6.07) is 31.2. The van der Waals surface area contributed by atoms with Gasteiger partial charge < -0.3 is 20.3 Å². The molecular formula is C27H28N4O2. The van der Waals surface area contributed by atoms with Crippen LogP contribution in [0.4, 0.5) is 11.4 Å². The van der Waals surface area contributed by atoms with Crippen molar-refractivity contribution in [3.05, 3.63) is 108 Å². The Kier molecular flexibility index (Phi) is 6.49. The van der Waals surface area contributed by atoms with E-state index in [1.807, 2.05) is 84.9 Å². The summed E-state index contributed by atoms with van der Waals surface area (Å²) < 4.78 is 12.5. The van der Waals surface area contributed by atoms with Crippen molar-refractivity contribution in [1.82, 2.24) is 0 Å². The molecule has 0 unspecified atom stereocenters. The topological polar surface area (TPSA) is 94.6 Å². The summed E-state index contributed by atoms with van der Waals surface area (Å²) in [4.78, 5) is 0. The summed E-state index contributed by atoms with van der Waals surface area (Å²) in [6.45, 7) is 4.33.